The van der Waals surface area contributed by atoms with E-state index < -0.39 is 0 Å². The van der Waals surface area contributed by atoms with Crippen LogP contribution in [-0.2, 0) is 20.0 Å². The van der Waals surface area contributed by atoms with E-state index in [1.807, 2.05) is 17.9 Å². The van der Waals surface area contributed by atoms with Crippen molar-refractivity contribution in [1.29, 1.82) is 0 Å². The maximum atomic E-state index is 4.23. The monoisotopic (exact) mass is 258 g/mol. The molecule has 2 heterocycles. The summed E-state index contributed by atoms with van der Waals surface area (Å²) in [6, 6.07) is 0.545. The molecule has 2 aromatic heterocycles. The molecule has 1 aliphatic rings. The van der Waals surface area contributed by atoms with E-state index in [-0.39, 0.29) is 0 Å². The Labute approximate surface area is 114 Å². The van der Waals surface area contributed by atoms with E-state index in [4.69, 9.17) is 0 Å². The van der Waals surface area contributed by atoms with Crippen LogP contribution in [0.1, 0.15) is 42.5 Å². The van der Waals surface area contributed by atoms with Gasteiger partial charge in [0.1, 0.15) is 0 Å². The molecule has 0 bridgehead atoms. The Morgan fingerprint density at radius 2 is 2.26 bits per heavy atom. The van der Waals surface area contributed by atoms with E-state index in [0.717, 1.165) is 13.1 Å². The average molecular weight is 258 g/mol. The molecule has 0 saturated carbocycles. The van der Waals surface area contributed by atoms with Gasteiger partial charge in [0.05, 0.1) is 12.7 Å². The van der Waals surface area contributed by atoms with Gasteiger partial charge in [0.25, 0.3) is 0 Å². The number of rotatable bonds is 4. The van der Waals surface area contributed by atoms with Crippen LogP contribution in [0, 0.1) is 0 Å². The molecule has 1 unspecified atom stereocenters. The van der Waals surface area contributed by atoms with Gasteiger partial charge < -0.3 is 9.88 Å². The summed E-state index contributed by atoms with van der Waals surface area (Å²) in [5, 5.41) is 7.82. The van der Waals surface area contributed by atoms with Gasteiger partial charge in [0, 0.05) is 37.2 Å². The number of nitrogens with zero attached hydrogens (tertiary/aromatic N) is 3. The first kappa shape index (κ1) is 12.5. The lowest BCUT2D eigenvalue weighted by Gasteiger charge is -2.22. The van der Waals surface area contributed by atoms with Crippen LogP contribution in [-0.4, -0.2) is 20.9 Å². The zero-order valence-corrected chi connectivity index (χ0v) is 11.8. The maximum absolute atomic E-state index is 4.23. The normalized spacial score (nSPS) is 18.5. The minimum Gasteiger partial charge on any atom is -0.349 e. The number of hydrogen-bond donors (Lipinski definition) is 1. The first-order valence-corrected chi connectivity index (χ1v) is 7.15. The molecule has 19 heavy (non-hydrogen) atoms. The van der Waals surface area contributed by atoms with Crippen LogP contribution in [0.3, 0.4) is 0 Å². The SMILES string of the molecule is CCNC1CCCc2cn(Cc3cnn(C)c3)cc21. The molecule has 3 rings (SSSR count). The molecule has 0 aromatic carbocycles. The van der Waals surface area contributed by atoms with Crippen LogP contribution in [0.2, 0.25) is 0 Å². The number of hydrogen-bond acceptors (Lipinski definition) is 2. The highest BCUT2D eigenvalue weighted by molar-refractivity contribution is 5.30. The quantitative estimate of drug-likeness (QED) is 0.913. The van der Waals surface area contributed by atoms with Gasteiger partial charge in [-0.15, -0.1) is 0 Å². The fourth-order valence-corrected chi connectivity index (χ4v) is 3.06. The smallest absolute Gasteiger partial charge is 0.0539 e. The van der Waals surface area contributed by atoms with Crippen LogP contribution in [0.5, 0.6) is 0 Å². The zero-order valence-electron chi connectivity index (χ0n) is 11.8. The molecule has 0 radical (unpaired) electrons. The molecule has 102 valence electrons. The fourth-order valence-electron chi connectivity index (χ4n) is 3.06. The first-order chi connectivity index (χ1) is 9.26. The van der Waals surface area contributed by atoms with E-state index in [9.17, 15) is 0 Å². The van der Waals surface area contributed by atoms with Crippen LogP contribution < -0.4 is 5.32 Å². The van der Waals surface area contributed by atoms with Gasteiger partial charge in [-0.2, -0.15) is 5.10 Å². The van der Waals surface area contributed by atoms with Crippen molar-refractivity contribution in [2.24, 2.45) is 7.05 Å². The fraction of sp³-hybridized carbons (Fsp3) is 0.533. The number of nitrogens with one attached hydrogen (secondary N) is 1. The van der Waals surface area contributed by atoms with Crippen LogP contribution in [0.25, 0.3) is 0 Å². The summed E-state index contributed by atoms with van der Waals surface area (Å²) in [4.78, 5) is 0. The molecule has 0 amide bonds. The lowest BCUT2D eigenvalue weighted by molar-refractivity contribution is 0.473. The van der Waals surface area contributed by atoms with Crippen LogP contribution >= 0.6 is 0 Å². The van der Waals surface area contributed by atoms with Gasteiger partial charge in [-0.1, -0.05) is 6.92 Å². The Hall–Kier alpha value is -1.55. The topological polar surface area (TPSA) is 34.8 Å². The summed E-state index contributed by atoms with van der Waals surface area (Å²) in [5.41, 5.74) is 4.27. The van der Waals surface area contributed by atoms with Crippen molar-refractivity contribution in [2.45, 2.75) is 38.8 Å². The van der Waals surface area contributed by atoms with E-state index in [1.54, 1.807) is 0 Å². The molecule has 4 heteroatoms. The number of fused-ring (bicyclic) bond motifs is 1. The molecule has 1 aliphatic carbocycles. The van der Waals surface area contributed by atoms with Gasteiger partial charge in [-0.25, -0.2) is 0 Å². The maximum Gasteiger partial charge on any atom is 0.0539 e. The second kappa shape index (κ2) is 5.21. The van der Waals surface area contributed by atoms with Gasteiger partial charge in [0.15, 0.2) is 0 Å². The van der Waals surface area contributed by atoms with Gasteiger partial charge in [-0.05, 0) is 36.9 Å². The van der Waals surface area contributed by atoms with Crippen molar-refractivity contribution < 1.29 is 0 Å². The van der Waals surface area contributed by atoms with E-state index >= 15 is 0 Å². The summed E-state index contributed by atoms with van der Waals surface area (Å²) in [7, 11) is 1.96. The third kappa shape index (κ3) is 2.59. The molecule has 2 aromatic rings. The summed E-state index contributed by atoms with van der Waals surface area (Å²) < 4.78 is 4.16. The number of aromatic nitrogens is 3. The Bertz CT molecular complexity index is 552. The molecule has 1 atom stereocenters. The minimum atomic E-state index is 0.545. The third-order valence-electron chi connectivity index (χ3n) is 3.89. The molecule has 0 fully saturated rings. The summed E-state index contributed by atoms with van der Waals surface area (Å²) in [5.74, 6) is 0. The molecule has 0 spiro atoms. The third-order valence-corrected chi connectivity index (χ3v) is 3.89. The van der Waals surface area contributed by atoms with Crippen molar-refractivity contribution in [3.05, 3.63) is 41.5 Å². The van der Waals surface area contributed by atoms with E-state index in [2.05, 4.69) is 40.5 Å². The van der Waals surface area contributed by atoms with Gasteiger partial charge in [0.2, 0.25) is 0 Å². The summed E-state index contributed by atoms with van der Waals surface area (Å²) in [6.45, 7) is 4.14. The zero-order chi connectivity index (χ0) is 13.2. The van der Waals surface area contributed by atoms with Crippen molar-refractivity contribution >= 4 is 0 Å². The Morgan fingerprint density at radius 3 is 3.00 bits per heavy atom. The van der Waals surface area contributed by atoms with Crippen molar-refractivity contribution in [3.8, 4) is 0 Å². The standard InChI is InChI=1S/C15H22N4/c1-3-16-15-6-4-5-13-10-19(11-14(13)15)9-12-7-17-18(2)8-12/h7-8,10-11,15-16H,3-6,9H2,1-2H3. The molecular formula is C15H22N4. The Balaban J connectivity index is 1.81. The number of aryl methyl sites for hydroxylation is 2. The van der Waals surface area contributed by atoms with E-state index in [1.165, 1.54) is 36.0 Å². The van der Waals surface area contributed by atoms with Crippen molar-refractivity contribution in [2.75, 3.05) is 6.54 Å². The van der Waals surface area contributed by atoms with Crippen molar-refractivity contribution in [1.82, 2.24) is 19.7 Å². The van der Waals surface area contributed by atoms with Crippen molar-refractivity contribution in [3.63, 3.8) is 0 Å². The first-order valence-electron chi connectivity index (χ1n) is 7.15. The average Bonchev–Trinajstić information content (AvgIpc) is 2.97. The minimum absolute atomic E-state index is 0.545. The lowest BCUT2D eigenvalue weighted by atomic mass is 9.91. The molecule has 0 aliphatic heterocycles. The molecule has 1 N–H and O–H groups in total. The molecule has 0 saturated heterocycles. The second-order valence-electron chi connectivity index (χ2n) is 5.44. The molecule has 4 nitrogen and oxygen atoms in total. The summed E-state index contributed by atoms with van der Waals surface area (Å²) >= 11 is 0. The van der Waals surface area contributed by atoms with E-state index in [0.29, 0.717) is 6.04 Å². The highest BCUT2D eigenvalue weighted by atomic mass is 15.2. The van der Waals surface area contributed by atoms with Gasteiger partial charge >= 0.3 is 0 Å². The predicted molar refractivity (Wildman–Crippen MR) is 76.1 cm³/mol. The highest BCUT2D eigenvalue weighted by Crippen LogP contribution is 2.30. The molecular weight excluding hydrogens is 236 g/mol. The largest absolute Gasteiger partial charge is 0.349 e. The van der Waals surface area contributed by atoms with Crippen LogP contribution in [0.4, 0.5) is 0 Å². The lowest BCUT2D eigenvalue weighted by Crippen LogP contribution is -2.23. The predicted octanol–water partition coefficient (Wildman–Crippen LogP) is 2.26. The summed E-state index contributed by atoms with van der Waals surface area (Å²) in [6.07, 6.45) is 12.4. The Morgan fingerprint density at radius 1 is 1.37 bits per heavy atom. The van der Waals surface area contributed by atoms with Gasteiger partial charge in [-0.3, -0.25) is 4.68 Å². The Kier molecular flexibility index (Phi) is 3.42. The highest BCUT2D eigenvalue weighted by Gasteiger charge is 2.21. The van der Waals surface area contributed by atoms with Crippen LogP contribution in [0.15, 0.2) is 24.8 Å². The second-order valence-corrected chi connectivity index (χ2v) is 5.44.